The van der Waals surface area contributed by atoms with Crippen molar-refractivity contribution in [3.05, 3.63) is 36.7 Å². The Morgan fingerprint density at radius 1 is 1.10 bits per heavy atom. The Kier molecular flexibility index (Phi) is 6.73. The third kappa shape index (κ3) is 5.36. The summed E-state index contributed by atoms with van der Waals surface area (Å²) in [5.41, 5.74) is 5.54. The predicted octanol–water partition coefficient (Wildman–Crippen LogP) is 2.30. The fraction of sp³-hybridized carbons (Fsp3) is 0.421. The van der Waals surface area contributed by atoms with Crippen LogP contribution in [0.25, 0.3) is 0 Å². The van der Waals surface area contributed by atoms with Crippen LogP contribution in [0.5, 0.6) is 5.88 Å². The van der Waals surface area contributed by atoms with Crippen molar-refractivity contribution in [1.29, 1.82) is 0 Å². The van der Waals surface area contributed by atoms with Crippen molar-refractivity contribution in [2.24, 2.45) is 11.8 Å². The maximum atomic E-state index is 12.9. The SMILES string of the molecule is COc1ccc(NC(=O)NNc2ccc(S(=O)(=O)N3CC(C)CC(C)C3)cn2)cn1. The number of hydrogen-bond acceptors (Lipinski definition) is 7. The molecule has 2 atom stereocenters. The molecule has 0 spiro atoms. The van der Waals surface area contributed by atoms with Crippen molar-refractivity contribution in [2.45, 2.75) is 25.2 Å². The fourth-order valence-electron chi connectivity index (χ4n) is 3.42. The van der Waals surface area contributed by atoms with E-state index in [9.17, 15) is 13.2 Å². The van der Waals surface area contributed by atoms with Crippen molar-refractivity contribution in [2.75, 3.05) is 30.9 Å². The molecule has 0 bridgehead atoms. The molecule has 3 heterocycles. The van der Waals surface area contributed by atoms with E-state index in [1.54, 1.807) is 12.1 Å². The first kappa shape index (κ1) is 21.8. The third-order valence-electron chi connectivity index (χ3n) is 4.72. The molecule has 30 heavy (non-hydrogen) atoms. The van der Waals surface area contributed by atoms with Gasteiger partial charge in [-0.15, -0.1) is 0 Å². The van der Waals surface area contributed by atoms with Crippen molar-refractivity contribution < 1.29 is 17.9 Å². The fourth-order valence-corrected chi connectivity index (χ4v) is 5.04. The molecule has 0 aromatic carbocycles. The first-order chi connectivity index (χ1) is 14.3. The quantitative estimate of drug-likeness (QED) is 0.596. The first-order valence-corrected chi connectivity index (χ1v) is 11.0. The lowest BCUT2D eigenvalue weighted by Crippen LogP contribution is -2.42. The van der Waals surface area contributed by atoms with E-state index in [0.717, 1.165) is 6.42 Å². The number of ether oxygens (including phenoxy) is 1. The minimum atomic E-state index is -3.60. The van der Waals surface area contributed by atoms with E-state index in [1.807, 2.05) is 0 Å². The van der Waals surface area contributed by atoms with Crippen molar-refractivity contribution >= 4 is 27.6 Å². The molecule has 10 nitrogen and oxygen atoms in total. The van der Waals surface area contributed by atoms with E-state index in [2.05, 4.69) is 40.0 Å². The van der Waals surface area contributed by atoms with Gasteiger partial charge in [-0.2, -0.15) is 4.31 Å². The van der Waals surface area contributed by atoms with E-state index in [4.69, 9.17) is 4.74 Å². The van der Waals surface area contributed by atoms with Crippen LogP contribution in [0.15, 0.2) is 41.6 Å². The summed E-state index contributed by atoms with van der Waals surface area (Å²) in [5, 5.41) is 2.59. The third-order valence-corrected chi connectivity index (χ3v) is 6.53. The number of aromatic nitrogens is 2. The van der Waals surface area contributed by atoms with Crippen LogP contribution in [0, 0.1) is 11.8 Å². The molecule has 1 saturated heterocycles. The maximum absolute atomic E-state index is 12.9. The second-order valence-corrected chi connectivity index (χ2v) is 9.38. The largest absolute Gasteiger partial charge is 0.481 e. The van der Waals surface area contributed by atoms with E-state index in [-0.39, 0.29) is 4.90 Å². The second-order valence-electron chi connectivity index (χ2n) is 7.44. The van der Waals surface area contributed by atoms with E-state index in [0.29, 0.717) is 42.3 Å². The number of sulfonamides is 1. The highest BCUT2D eigenvalue weighted by atomic mass is 32.2. The Balaban J connectivity index is 1.56. The van der Waals surface area contributed by atoms with Gasteiger partial charge >= 0.3 is 6.03 Å². The van der Waals surface area contributed by atoms with Gasteiger partial charge < -0.3 is 10.1 Å². The molecule has 3 rings (SSSR count). The summed E-state index contributed by atoms with van der Waals surface area (Å²) in [4.78, 5) is 20.2. The van der Waals surface area contributed by atoms with Crippen LogP contribution in [0.2, 0.25) is 0 Å². The lowest BCUT2D eigenvalue weighted by Gasteiger charge is -2.33. The molecule has 1 aliphatic rings. The standard InChI is InChI=1S/C19H26N6O4S/c1-13-8-14(2)12-25(11-13)30(27,28)16-5-6-17(20-10-16)23-24-19(26)22-15-4-7-18(29-3)21-9-15/h4-7,9-10,13-14H,8,11-12H2,1-3H3,(H,20,23)(H2,22,24,26). The van der Waals surface area contributed by atoms with Crippen LogP contribution in [0.4, 0.5) is 16.3 Å². The van der Waals surface area contributed by atoms with Gasteiger partial charge in [-0.3, -0.25) is 10.9 Å². The van der Waals surface area contributed by atoms with Gasteiger partial charge in [0.2, 0.25) is 15.9 Å². The molecule has 2 unspecified atom stereocenters. The summed E-state index contributed by atoms with van der Waals surface area (Å²) in [6, 6.07) is 5.71. The number of nitrogens with zero attached hydrogens (tertiary/aromatic N) is 3. The van der Waals surface area contributed by atoms with Crippen LogP contribution in [0.3, 0.4) is 0 Å². The summed E-state index contributed by atoms with van der Waals surface area (Å²) in [5.74, 6) is 1.38. The van der Waals surface area contributed by atoms with Gasteiger partial charge in [0.15, 0.2) is 0 Å². The summed E-state index contributed by atoms with van der Waals surface area (Å²) >= 11 is 0. The van der Waals surface area contributed by atoms with Crippen molar-refractivity contribution in [3.63, 3.8) is 0 Å². The molecule has 2 amide bonds. The highest BCUT2D eigenvalue weighted by Crippen LogP contribution is 2.26. The number of rotatable bonds is 6. The van der Waals surface area contributed by atoms with Crippen molar-refractivity contribution in [1.82, 2.24) is 19.7 Å². The molecule has 162 valence electrons. The number of carbonyl (C=O) groups excluding carboxylic acids is 1. The molecule has 11 heteroatoms. The van der Waals surface area contributed by atoms with Gasteiger partial charge in [-0.1, -0.05) is 13.8 Å². The van der Waals surface area contributed by atoms with Gasteiger partial charge in [-0.25, -0.2) is 23.2 Å². The summed E-state index contributed by atoms with van der Waals surface area (Å²) in [6.45, 7) is 5.13. The van der Waals surface area contributed by atoms with Gasteiger partial charge in [0.05, 0.1) is 19.0 Å². The number of hydrazine groups is 1. The Hall–Kier alpha value is -2.92. The normalized spacial score (nSPS) is 19.7. The number of carbonyl (C=O) groups is 1. The van der Waals surface area contributed by atoms with Crippen LogP contribution < -0.4 is 20.9 Å². The zero-order chi connectivity index (χ0) is 21.7. The Labute approximate surface area is 176 Å². The van der Waals surface area contributed by atoms with Crippen LogP contribution in [-0.2, 0) is 10.0 Å². The zero-order valence-corrected chi connectivity index (χ0v) is 17.9. The Morgan fingerprint density at radius 3 is 2.40 bits per heavy atom. The maximum Gasteiger partial charge on any atom is 0.337 e. The first-order valence-electron chi connectivity index (χ1n) is 9.57. The highest BCUT2D eigenvalue weighted by molar-refractivity contribution is 7.89. The van der Waals surface area contributed by atoms with E-state index < -0.39 is 16.1 Å². The van der Waals surface area contributed by atoms with Gasteiger partial charge in [-0.05, 0) is 36.5 Å². The smallest absolute Gasteiger partial charge is 0.337 e. The summed E-state index contributed by atoms with van der Waals surface area (Å²) < 4.78 is 32.2. The molecular weight excluding hydrogens is 408 g/mol. The molecule has 0 aliphatic carbocycles. The average molecular weight is 435 g/mol. The average Bonchev–Trinajstić information content (AvgIpc) is 2.72. The van der Waals surface area contributed by atoms with E-state index >= 15 is 0 Å². The number of methoxy groups -OCH3 is 1. The molecule has 2 aromatic heterocycles. The second kappa shape index (κ2) is 9.26. The number of anilines is 2. The van der Waals surface area contributed by atoms with Gasteiger partial charge in [0.1, 0.15) is 10.7 Å². The zero-order valence-electron chi connectivity index (χ0n) is 17.1. The summed E-state index contributed by atoms with van der Waals surface area (Å²) in [7, 11) is -2.09. The predicted molar refractivity (Wildman–Crippen MR) is 113 cm³/mol. The minimum Gasteiger partial charge on any atom is -0.481 e. The topological polar surface area (TPSA) is 126 Å². The van der Waals surface area contributed by atoms with Crippen LogP contribution >= 0.6 is 0 Å². The monoisotopic (exact) mass is 434 g/mol. The van der Waals surface area contributed by atoms with Crippen molar-refractivity contribution in [3.8, 4) is 5.88 Å². The molecule has 0 radical (unpaired) electrons. The lowest BCUT2D eigenvalue weighted by atomic mass is 9.94. The molecule has 0 saturated carbocycles. The molecule has 1 aliphatic heterocycles. The number of piperidine rings is 1. The highest BCUT2D eigenvalue weighted by Gasteiger charge is 2.31. The van der Waals surface area contributed by atoms with Crippen LogP contribution in [0.1, 0.15) is 20.3 Å². The number of urea groups is 1. The van der Waals surface area contributed by atoms with Crippen LogP contribution in [-0.4, -0.2) is 48.9 Å². The van der Waals surface area contributed by atoms with Gasteiger partial charge in [0, 0.05) is 25.4 Å². The molecule has 2 aromatic rings. The van der Waals surface area contributed by atoms with Gasteiger partial charge in [0.25, 0.3) is 0 Å². The minimum absolute atomic E-state index is 0.128. The molecular formula is C19H26N6O4S. The lowest BCUT2D eigenvalue weighted by molar-refractivity contribution is 0.222. The molecule has 1 fully saturated rings. The number of hydrogen-bond donors (Lipinski definition) is 3. The number of nitrogens with one attached hydrogen (secondary N) is 3. The summed E-state index contributed by atoms with van der Waals surface area (Å²) in [6.07, 6.45) is 3.76. The van der Waals surface area contributed by atoms with E-state index in [1.165, 1.54) is 35.9 Å². The number of amides is 2. The molecule has 3 N–H and O–H groups in total. The Morgan fingerprint density at radius 2 is 1.83 bits per heavy atom. The Bertz CT molecular complexity index is 956. The number of pyridine rings is 2.